The molecule has 0 spiro atoms. The predicted molar refractivity (Wildman–Crippen MR) is 74.7 cm³/mol. The molecule has 0 saturated carbocycles. The SMILES string of the molecule is COC(=O)c1cnc(Cl)c(Br)c1N1CCCC(F)(F)C1. The molecule has 0 radical (unpaired) electrons. The van der Waals surface area contributed by atoms with Crippen molar-refractivity contribution in [1.29, 1.82) is 0 Å². The first-order chi connectivity index (χ1) is 9.35. The largest absolute Gasteiger partial charge is 0.465 e. The van der Waals surface area contributed by atoms with Crippen LogP contribution in [0.5, 0.6) is 0 Å². The summed E-state index contributed by atoms with van der Waals surface area (Å²) in [5.41, 5.74) is 0.415. The normalized spacial score (nSPS) is 17.9. The van der Waals surface area contributed by atoms with Crippen LogP contribution < -0.4 is 4.90 Å². The van der Waals surface area contributed by atoms with E-state index in [0.717, 1.165) is 0 Å². The fourth-order valence-electron chi connectivity index (χ4n) is 2.18. The Bertz CT molecular complexity index is 542. The third kappa shape index (κ3) is 3.03. The molecule has 0 unspecified atom stereocenters. The average Bonchev–Trinajstić information content (AvgIpc) is 2.39. The van der Waals surface area contributed by atoms with Gasteiger partial charge in [-0.3, -0.25) is 0 Å². The minimum Gasteiger partial charge on any atom is -0.465 e. The van der Waals surface area contributed by atoms with Crippen LogP contribution in [-0.4, -0.2) is 37.1 Å². The molecule has 1 aliphatic heterocycles. The molecular weight excluding hydrogens is 357 g/mol. The number of carbonyl (C=O) groups excluding carboxylic acids is 1. The lowest BCUT2D eigenvalue weighted by atomic mass is 10.1. The number of ether oxygens (including phenoxy) is 1. The van der Waals surface area contributed by atoms with Crippen LogP contribution in [-0.2, 0) is 4.74 Å². The smallest absolute Gasteiger partial charge is 0.341 e. The van der Waals surface area contributed by atoms with Crippen LogP contribution in [0.3, 0.4) is 0 Å². The molecule has 4 nitrogen and oxygen atoms in total. The van der Waals surface area contributed by atoms with Crippen LogP contribution in [0.2, 0.25) is 5.15 Å². The zero-order valence-corrected chi connectivity index (χ0v) is 13.0. The summed E-state index contributed by atoms with van der Waals surface area (Å²) in [6.07, 6.45) is 1.41. The van der Waals surface area contributed by atoms with E-state index in [2.05, 4.69) is 25.7 Å². The van der Waals surface area contributed by atoms with Gasteiger partial charge < -0.3 is 9.64 Å². The summed E-state index contributed by atoms with van der Waals surface area (Å²) in [4.78, 5) is 17.0. The van der Waals surface area contributed by atoms with E-state index in [9.17, 15) is 13.6 Å². The second-order valence-corrected chi connectivity index (χ2v) is 5.65. The van der Waals surface area contributed by atoms with Crippen molar-refractivity contribution in [2.75, 3.05) is 25.1 Å². The van der Waals surface area contributed by atoms with Gasteiger partial charge in [0.15, 0.2) is 0 Å². The van der Waals surface area contributed by atoms with Crippen LogP contribution in [0.15, 0.2) is 10.7 Å². The summed E-state index contributed by atoms with van der Waals surface area (Å²) in [7, 11) is 1.22. The molecule has 1 fully saturated rings. The van der Waals surface area contributed by atoms with Gasteiger partial charge in [-0.25, -0.2) is 18.6 Å². The van der Waals surface area contributed by atoms with Gasteiger partial charge in [-0.2, -0.15) is 0 Å². The van der Waals surface area contributed by atoms with E-state index in [1.54, 1.807) is 0 Å². The Morgan fingerprint density at radius 2 is 2.30 bits per heavy atom. The number of pyridine rings is 1. The second-order valence-electron chi connectivity index (χ2n) is 4.50. The van der Waals surface area contributed by atoms with Crippen LogP contribution >= 0.6 is 27.5 Å². The molecule has 110 valence electrons. The summed E-state index contributed by atoms with van der Waals surface area (Å²) in [5.74, 6) is -3.43. The van der Waals surface area contributed by atoms with Crippen molar-refractivity contribution in [2.24, 2.45) is 0 Å². The van der Waals surface area contributed by atoms with E-state index < -0.39 is 18.4 Å². The van der Waals surface area contributed by atoms with Gasteiger partial charge in [-0.1, -0.05) is 11.6 Å². The topological polar surface area (TPSA) is 42.4 Å². The van der Waals surface area contributed by atoms with E-state index in [0.29, 0.717) is 23.1 Å². The molecule has 0 bridgehead atoms. The number of rotatable bonds is 2. The quantitative estimate of drug-likeness (QED) is 0.591. The third-order valence-electron chi connectivity index (χ3n) is 3.07. The number of piperidine rings is 1. The number of methoxy groups -OCH3 is 1. The highest BCUT2D eigenvalue weighted by Gasteiger charge is 2.37. The van der Waals surface area contributed by atoms with Crippen LogP contribution in [0, 0.1) is 0 Å². The number of anilines is 1. The predicted octanol–water partition coefficient (Wildman–Crippen LogP) is 3.52. The molecule has 1 aromatic rings. The van der Waals surface area contributed by atoms with Gasteiger partial charge in [0.25, 0.3) is 5.92 Å². The van der Waals surface area contributed by atoms with Crippen molar-refractivity contribution < 1.29 is 18.3 Å². The molecular formula is C12H12BrClF2N2O2. The summed E-state index contributed by atoms with van der Waals surface area (Å²) in [6, 6.07) is 0. The molecule has 2 heterocycles. The zero-order valence-electron chi connectivity index (χ0n) is 10.6. The van der Waals surface area contributed by atoms with E-state index >= 15 is 0 Å². The van der Waals surface area contributed by atoms with Crippen LogP contribution in [0.1, 0.15) is 23.2 Å². The molecule has 1 aromatic heterocycles. The van der Waals surface area contributed by atoms with Gasteiger partial charge in [0.05, 0.1) is 23.8 Å². The molecule has 2 rings (SSSR count). The maximum absolute atomic E-state index is 13.6. The lowest BCUT2D eigenvalue weighted by molar-refractivity contribution is -0.0118. The van der Waals surface area contributed by atoms with Gasteiger partial charge in [0.2, 0.25) is 0 Å². The Hall–Kier alpha value is -0.950. The monoisotopic (exact) mass is 368 g/mol. The van der Waals surface area contributed by atoms with Gasteiger partial charge in [-0.05, 0) is 22.4 Å². The summed E-state index contributed by atoms with van der Waals surface area (Å²) < 4.78 is 32.1. The molecule has 8 heteroatoms. The van der Waals surface area contributed by atoms with Crippen molar-refractivity contribution in [1.82, 2.24) is 4.98 Å². The number of nitrogens with zero attached hydrogens (tertiary/aromatic N) is 2. The van der Waals surface area contributed by atoms with Gasteiger partial charge in [0.1, 0.15) is 10.7 Å². The Morgan fingerprint density at radius 3 is 2.90 bits per heavy atom. The van der Waals surface area contributed by atoms with Gasteiger partial charge in [0, 0.05) is 19.2 Å². The Kier molecular flexibility index (Phi) is 4.49. The van der Waals surface area contributed by atoms with Crippen molar-refractivity contribution in [3.05, 3.63) is 21.4 Å². The second kappa shape index (κ2) is 5.81. The number of alkyl halides is 2. The summed E-state index contributed by atoms with van der Waals surface area (Å²) in [5, 5.41) is 0.113. The van der Waals surface area contributed by atoms with Crippen molar-refractivity contribution in [2.45, 2.75) is 18.8 Å². The summed E-state index contributed by atoms with van der Waals surface area (Å²) in [6.45, 7) is -0.0472. The first-order valence-electron chi connectivity index (χ1n) is 5.91. The molecule has 0 aliphatic carbocycles. The molecule has 1 saturated heterocycles. The molecule has 0 amide bonds. The number of hydrogen-bond acceptors (Lipinski definition) is 4. The number of aromatic nitrogens is 1. The Labute approximate surface area is 128 Å². The first kappa shape index (κ1) is 15.4. The maximum Gasteiger partial charge on any atom is 0.341 e. The number of carbonyl (C=O) groups is 1. The van der Waals surface area contributed by atoms with Crippen molar-refractivity contribution in [3.8, 4) is 0 Å². The zero-order chi connectivity index (χ0) is 14.9. The van der Waals surface area contributed by atoms with Gasteiger partial charge in [-0.15, -0.1) is 0 Å². The highest BCUT2D eigenvalue weighted by molar-refractivity contribution is 9.10. The van der Waals surface area contributed by atoms with Crippen LogP contribution in [0.25, 0.3) is 0 Å². The minimum atomic E-state index is -2.79. The number of halogens is 4. The Balaban J connectivity index is 2.48. The molecule has 0 aromatic carbocycles. The number of hydrogen-bond donors (Lipinski definition) is 0. The highest BCUT2D eigenvalue weighted by Crippen LogP contribution is 2.38. The molecule has 0 N–H and O–H groups in total. The van der Waals surface area contributed by atoms with E-state index in [1.165, 1.54) is 18.2 Å². The third-order valence-corrected chi connectivity index (χ3v) is 4.33. The molecule has 0 atom stereocenters. The van der Waals surface area contributed by atoms with Crippen molar-refractivity contribution >= 4 is 39.2 Å². The lowest BCUT2D eigenvalue weighted by Crippen LogP contribution is -2.43. The average molecular weight is 370 g/mol. The number of esters is 1. The lowest BCUT2D eigenvalue weighted by Gasteiger charge is -2.35. The molecule has 20 heavy (non-hydrogen) atoms. The highest BCUT2D eigenvalue weighted by atomic mass is 79.9. The maximum atomic E-state index is 13.6. The first-order valence-corrected chi connectivity index (χ1v) is 7.08. The fourth-order valence-corrected chi connectivity index (χ4v) is 2.89. The Morgan fingerprint density at radius 1 is 1.60 bits per heavy atom. The summed E-state index contributed by atoms with van der Waals surface area (Å²) >= 11 is 9.11. The fraction of sp³-hybridized carbons (Fsp3) is 0.500. The van der Waals surface area contributed by atoms with E-state index in [-0.39, 0.29) is 17.1 Å². The van der Waals surface area contributed by atoms with Crippen molar-refractivity contribution in [3.63, 3.8) is 0 Å². The standard InChI is InChI=1S/C12H12BrClF2N2O2/c1-20-11(19)7-5-17-10(14)8(13)9(7)18-4-2-3-12(15,16)6-18/h5H,2-4,6H2,1H3. The van der Waals surface area contributed by atoms with Gasteiger partial charge >= 0.3 is 5.97 Å². The van der Waals surface area contributed by atoms with E-state index in [1.807, 2.05) is 0 Å². The molecule has 1 aliphatic rings. The van der Waals surface area contributed by atoms with E-state index in [4.69, 9.17) is 11.6 Å². The minimum absolute atomic E-state index is 0.112. The van der Waals surface area contributed by atoms with Crippen LogP contribution in [0.4, 0.5) is 14.5 Å².